The molecule has 1 amide bonds. The number of methoxy groups -OCH3 is 1. The molecule has 190 valence electrons. The molecule has 0 saturated carbocycles. The van der Waals surface area contributed by atoms with Crippen LogP contribution < -0.4 is 9.47 Å². The molecule has 7 heteroatoms. The second-order valence-corrected chi connectivity index (χ2v) is 8.83. The lowest BCUT2D eigenvalue weighted by molar-refractivity contribution is -0.140. The first kappa shape index (κ1) is 24.8. The number of carbonyl (C=O) groups excluding carboxylic acids is 2. The van der Waals surface area contributed by atoms with Crippen molar-refractivity contribution in [3.05, 3.63) is 131 Å². The Hall–Kier alpha value is -4.91. The molecule has 2 heterocycles. The van der Waals surface area contributed by atoms with Crippen LogP contribution in [0.3, 0.4) is 0 Å². The summed E-state index contributed by atoms with van der Waals surface area (Å²) in [7, 11) is 1.53. The van der Waals surface area contributed by atoms with Gasteiger partial charge in [-0.25, -0.2) is 0 Å². The van der Waals surface area contributed by atoms with Gasteiger partial charge in [0.05, 0.1) is 18.7 Å². The Kier molecular flexibility index (Phi) is 7.17. The van der Waals surface area contributed by atoms with Crippen molar-refractivity contribution < 1.29 is 24.2 Å². The molecule has 1 aromatic heterocycles. The van der Waals surface area contributed by atoms with E-state index in [1.807, 2.05) is 42.5 Å². The van der Waals surface area contributed by atoms with E-state index in [-0.39, 0.29) is 17.9 Å². The molecule has 1 fully saturated rings. The second kappa shape index (κ2) is 11.0. The first-order chi connectivity index (χ1) is 18.6. The predicted molar refractivity (Wildman–Crippen MR) is 142 cm³/mol. The number of aromatic nitrogens is 1. The fraction of sp³-hybridized carbons (Fsp3) is 0.129. The molecule has 1 aliphatic heterocycles. The zero-order valence-corrected chi connectivity index (χ0v) is 20.8. The van der Waals surface area contributed by atoms with Gasteiger partial charge in [-0.1, -0.05) is 54.6 Å². The van der Waals surface area contributed by atoms with E-state index in [1.165, 1.54) is 12.0 Å². The molecule has 1 saturated heterocycles. The molecule has 7 nitrogen and oxygen atoms in total. The Morgan fingerprint density at radius 3 is 2.32 bits per heavy atom. The van der Waals surface area contributed by atoms with Crippen LogP contribution in [0.4, 0.5) is 0 Å². The number of nitrogens with zero attached hydrogens (tertiary/aromatic N) is 2. The van der Waals surface area contributed by atoms with Gasteiger partial charge in [0.1, 0.15) is 23.9 Å². The fourth-order valence-electron chi connectivity index (χ4n) is 4.55. The van der Waals surface area contributed by atoms with Crippen LogP contribution >= 0.6 is 0 Å². The molecular formula is C31H26N2O5. The number of hydrogen-bond acceptors (Lipinski definition) is 6. The zero-order valence-electron chi connectivity index (χ0n) is 20.8. The molecule has 1 N–H and O–H groups in total. The lowest BCUT2D eigenvalue weighted by Gasteiger charge is -2.26. The maximum Gasteiger partial charge on any atom is 0.295 e. The highest BCUT2D eigenvalue weighted by Gasteiger charge is 2.47. The number of pyridine rings is 1. The molecule has 4 aromatic rings. The molecule has 3 aromatic carbocycles. The zero-order chi connectivity index (χ0) is 26.5. The highest BCUT2D eigenvalue weighted by molar-refractivity contribution is 6.46. The third kappa shape index (κ3) is 4.99. The number of amides is 1. The van der Waals surface area contributed by atoms with Crippen LogP contribution in [0.1, 0.15) is 28.3 Å². The lowest BCUT2D eigenvalue weighted by Crippen LogP contribution is -2.29. The number of rotatable bonds is 8. The van der Waals surface area contributed by atoms with Crippen molar-refractivity contribution in [2.45, 2.75) is 19.2 Å². The van der Waals surface area contributed by atoms with Gasteiger partial charge in [0.25, 0.3) is 11.7 Å². The van der Waals surface area contributed by atoms with E-state index in [0.717, 1.165) is 11.1 Å². The Bertz CT molecular complexity index is 1470. The molecule has 0 aliphatic carbocycles. The number of Topliss-reactive ketones (excluding diaryl/α,β-unsaturated/α-hetero) is 1. The summed E-state index contributed by atoms with van der Waals surface area (Å²) in [6.07, 6.45) is 3.29. The molecule has 0 unspecified atom stereocenters. The van der Waals surface area contributed by atoms with E-state index in [9.17, 15) is 14.7 Å². The number of ether oxygens (including phenoxy) is 2. The monoisotopic (exact) mass is 506 g/mol. The number of likely N-dealkylation sites (tertiary alicyclic amines) is 1. The number of hydrogen-bond donors (Lipinski definition) is 1. The van der Waals surface area contributed by atoms with E-state index >= 15 is 0 Å². The molecule has 0 bridgehead atoms. The molecule has 5 rings (SSSR count). The van der Waals surface area contributed by atoms with Crippen molar-refractivity contribution in [3.63, 3.8) is 0 Å². The van der Waals surface area contributed by atoms with Crippen LogP contribution in [-0.4, -0.2) is 33.8 Å². The van der Waals surface area contributed by atoms with E-state index in [1.54, 1.807) is 60.9 Å². The quantitative estimate of drug-likeness (QED) is 0.198. The topological polar surface area (TPSA) is 89.0 Å². The summed E-state index contributed by atoms with van der Waals surface area (Å²) in [5.74, 6) is -0.599. The first-order valence-corrected chi connectivity index (χ1v) is 12.1. The van der Waals surface area contributed by atoms with Gasteiger partial charge >= 0.3 is 0 Å². The Morgan fingerprint density at radius 1 is 0.895 bits per heavy atom. The van der Waals surface area contributed by atoms with Crippen molar-refractivity contribution >= 4 is 17.4 Å². The maximum atomic E-state index is 13.3. The van der Waals surface area contributed by atoms with Crippen molar-refractivity contribution in [1.29, 1.82) is 0 Å². The van der Waals surface area contributed by atoms with E-state index in [0.29, 0.717) is 29.2 Å². The summed E-state index contributed by atoms with van der Waals surface area (Å²) in [4.78, 5) is 32.2. The third-order valence-electron chi connectivity index (χ3n) is 6.43. The molecule has 0 radical (unpaired) electrons. The summed E-state index contributed by atoms with van der Waals surface area (Å²) in [6.45, 7) is 0.545. The fourth-order valence-corrected chi connectivity index (χ4v) is 4.55. The second-order valence-electron chi connectivity index (χ2n) is 8.83. The highest BCUT2D eigenvalue weighted by Crippen LogP contribution is 2.43. The highest BCUT2D eigenvalue weighted by atomic mass is 16.5. The SMILES string of the molecule is COc1ccccc1[C@H]1/C(=C(\O)c2ccc(OCc3ccccc3)cc2)C(=O)C(=O)N1Cc1cccnc1. The van der Waals surface area contributed by atoms with Gasteiger partial charge in [0.15, 0.2) is 0 Å². The summed E-state index contributed by atoms with van der Waals surface area (Å²) in [5, 5.41) is 11.4. The average molecular weight is 507 g/mol. The number of benzene rings is 3. The summed E-state index contributed by atoms with van der Waals surface area (Å²) in [6, 6.07) is 26.5. The van der Waals surface area contributed by atoms with Gasteiger partial charge in [0.2, 0.25) is 0 Å². The minimum atomic E-state index is -0.847. The standard InChI is InChI=1S/C31H26N2O5/c1-37-26-12-6-5-11-25(26)28-27(30(35)31(36)33(28)19-22-10-7-17-32-18-22)29(34)23-13-15-24(16-14-23)38-20-21-8-3-2-4-9-21/h2-18,28,34H,19-20H2,1H3/b29-27+/t28-/m0/s1. The van der Waals surface area contributed by atoms with Crippen molar-refractivity contribution in [1.82, 2.24) is 9.88 Å². The number of para-hydroxylation sites is 1. The largest absolute Gasteiger partial charge is 0.507 e. The third-order valence-corrected chi connectivity index (χ3v) is 6.43. The van der Waals surface area contributed by atoms with E-state index < -0.39 is 17.7 Å². The molecule has 1 aliphatic rings. The summed E-state index contributed by atoms with van der Waals surface area (Å²) < 4.78 is 11.4. The average Bonchev–Trinajstić information content (AvgIpc) is 3.21. The van der Waals surface area contributed by atoms with Gasteiger partial charge in [-0.2, -0.15) is 0 Å². The van der Waals surface area contributed by atoms with E-state index in [4.69, 9.17) is 9.47 Å². The maximum absolute atomic E-state index is 13.3. The van der Waals surface area contributed by atoms with Gasteiger partial charge in [-0.15, -0.1) is 0 Å². The van der Waals surface area contributed by atoms with Crippen molar-refractivity contribution in [2.75, 3.05) is 7.11 Å². The van der Waals surface area contributed by atoms with Crippen LogP contribution in [0.25, 0.3) is 5.76 Å². The van der Waals surface area contributed by atoms with Crippen LogP contribution in [0, 0.1) is 0 Å². The van der Waals surface area contributed by atoms with Crippen molar-refractivity contribution in [2.24, 2.45) is 0 Å². The molecular weight excluding hydrogens is 480 g/mol. The number of carbonyl (C=O) groups is 2. The van der Waals surface area contributed by atoms with Crippen LogP contribution in [0.2, 0.25) is 0 Å². The Labute approximate surface area is 220 Å². The van der Waals surface area contributed by atoms with Crippen LogP contribution in [0.5, 0.6) is 11.5 Å². The molecule has 38 heavy (non-hydrogen) atoms. The van der Waals surface area contributed by atoms with Crippen LogP contribution in [-0.2, 0) is 22.7 Å². The first-order valence-electron chi connectivity index (χ1n) is 12.1. The van der Waals surface area contributed by atoms with Gasteiger partial charge in [-0.05, 0) is 47.5 Å². The number of ketones is 1. The molecule has 1 atom stereocenters. The van der Waals surface area contributed by atoms with Gasteiger partial charge in [0, 0.05) is 30.1 Å². The summed E-state index contributed by atoms with van der Waals surface area (Å²) >= 11 is 0. The minimum Gasteiger partial charge on any atom is -0.507 e. The smallest absolute Gasteiger partial charge is 0.295 e. The minimum absolute atomic E-state index is 0.00124. The Balaban J connectivity index is 1.51. The normalized spacial score (nSPS) is 16.4. The van der Waals surface area contributed by atoms with Crippen LogP contribution in [0.15, 0.2) is 109 Å². The summed E-state index contributed by atoms with van der Waals surface area (Å²) in [5.41, 5.74) is 2.79. The van der Waals surface area contributed by atoms with Gasteiger partial charge in [-0.3, -0.25) is 14.6 Å². The predicted octanol–water partition coefficient (Wildman–Crippen LogP) is 5.29. The van der Waals surface area contributed by atoms with Crippen molar-refractivity contribution in [3.8, 4) is 11.5 Å². The lowest BCUT2D eigenvalue weighted by atomic mass is 9.94. The molecule has 0 spiro atoms. The number of aliphatic hydroxyl groups excluding tert-OH is 1. The van der Waals surface area contributed by atoms with Gasteiger partial charge < -0.3 is 19.5 Å². The number of aliphatic hydroxyl groups is 1. The van der Waals surface area contributed by atoms with E-state index in [2.05, 4.69) is 4.98 Å². The Morgan fingerprint density at radius 2 is 1.61 bits per heavy atom.